The number of hydrogen-bond acceptors (Lipinski definition) is 8. The van der Waals surface area contributed by atoms with Crippen molar-refractivity contribution in [1.82, 2.24) is 9.97 Å². The normalized spacial score (nSPS) is 10.9. The van der Waals surface area contributed by atoms with Gasteiger partial charge in [0.05, 0.1) is 9.75 Å². The Morgan fingerprint density at radius 2 is 1.03 bits per heavy atom. The van der Waals surface area contributed by atoms with E-state index in [1.54, 1.807) is 6.07 Å². The smallest absolute Gasteiger partial charge is 0.307 e. The van der Waals surface area contributed by atoms with Crippen LogP contribution in [0.5, 0.6) is 34.8 Å². The molecule has 2 aromatic heterocycles. The monoisotopic (exact) mass is 520 g/mol. The van der Waals surface area contributed by atoms with Crippen molar-refractivity contribution in [2.24, 2.45) is 0 Å². The average molecular weight is 521 g/mol. The zero-order valence-corrected chi connectivity index (χ0v) is 20.3. The molecule has 8 nitrogen and oxygen atoms in total. The van der Waals surface area contributed by atoms with Gasteiger partial charge in [0.1, 0.15) is 23.0 Å². The summed E-state index contributed by atoms with van der Waals surface area (Å²) in [5.41, 5.74) is 1.88. The van der Waals surface area contributed by atoms with Gasteiger partial charge in [-0.05, 0) is 47.5 Å². The molecule has 4 N–H and O–H groups in total. The third-order valence-corrected chi connectivity index (χ3v) is 7.00. The highest BCUT2D eigenvalue weighted by molar-refractivity contribution is 7.09. The van der Waals surface area contributed by atoms with E-state index in [4.69, 9.17) is 9.47 Å². The number of aromatic nitrogens is 2. The number of H-pyrrole nitrogens is 2. The van der Waals surface area contributed by atoms with Gasteiger partial charge in [-0.2, -0.15) is 0 Å². The van der Waals surface area contributed by atoms with Crippen LogP contribution in [0, 0.1) is 0 Å². The van der Waals surface area contributed by atoms with Gasteiger partial charge in [0.25, 0.3) is 0 Å². The van der Waals surface area contributed by atoms with Crippen molar-refractivity contribution in [1.29, 1.82) is 0 Å². The Bertz CT molecular complexity index is 1480. The molecule has 0 bridgehead atoms. The fraction of sp³-hybridized carbons (Fsp3) is 0.0769. The van der Waals surface area contributed by atoms with Crippen LogP contribution in [0.1, 0.15) is 20.9 Å². The molecule has 3 aromatic carbocycles. The number of aromatic hydroxyl groups is 2. The van der Waals surface area contributed by atoms with Crippen molar-refractivity contribution in [2.45, 2.75) is 12.8 Å². The van der Waals surface area contributed by atoms with Gasteiger partial charge in [0, 0.05) is 18.9 Å². The highest BCUT2D eigenvalue weighted by Crippen LogP contribution is 2.30. The molecule has 2 heterocycles. The molecule has 0 aliphatic rings. The first-order chi connectivity index (χ1) is 17.4. The van der Waals surface area contributed by atoms with Crippen LogP contribution < -0.4 is 19.2 Å². The van der Waals surface area contributed by atoms with Crippen LogP contribution in [0.2, 0.25) is 0 Å². The van der Waals surface area contributed by atoms with E-state index in [1.807, 2.05) is 66.7 Å². The van der Waals surface area contributed by atoms with Crippen LogP contribution in [0.3, 0.4) is 0 Å². The molecule has 0 atom stereocenters. The topological polar surface area (TPSA) is 125 Å². The average Bonchev–Trinajstić information content (AvgIpc) is 3.34. The van der Waals surface area contributed by atoms with E-state index in [9.17, 15) is 19.8 Å². The third-order valence-electron chi connectivity index (χ3n) is 5.25. The zero-order chi connectivity index (χ0) is 25.1. The molecule has 0 amide bonds. The lowest BCUT2D eigenvalue weighted by Crippen LogP contribution is -1.90. The minimum absolute atomic E-state index is 0.0879. The molecular weight excluding hydrogens is 500 g/mol. The summed E-state index contributed by atoms with van der Waals surface area (Å²) < 4.78 is 11.9. The van der Waals surface area contributed by atoms with Crippen LogP contribution in [0.25, 0.3) is 0 Å². The Labute approximate surface area is 212 Å². The predicted octanol–water partition coefficient (Wildman–Crippen LogP) is 5.36. The van der Waals surface area contributed by atoms with E-state index in [2.05, 4.69) is 9.97 Å². The minimum atomic E-state index is -0.281. The molecule has 0 aliphatic heterocycles. The second-order valence-corrected chi connectivity index (χ2v) is 10.0. The first-order valence-electron chi connectivity index (χ1n) is 10.9. The third kappa shape index (κ3) is 5.68. The van der Waals surface area contributed by atoms with Crippen molar-refractivity contribution < 1.29 is 19.7 Å². The van der Waals surface area contributed by atoms with Crippen molar-refractivity contribution >= 4 is 22.7 Å². The summed E-state index contributed by atoms with van der Waals surface area (Å²) in [6.45, 7) is 0. The Morgan fingerprint density at radius 1 is 0.611 bits per heavy atom. The molecule has 0 radical (unpaired) electrons. The number of nitrogens with one attached hydrogen (secondary N) is 2. The summed E-state index contributed by atoms with van der Waals surface area (Å²) in [5.74, 6) is 2.32. The van der Waals surface area contributed by atoms with Crippen molar-refractivity contribution in [3.05, 3.63) is 113 Å². The van der Waals surface area contributed by atoms with E-state index < -0.39 is 0 Å². The second-order valence-electron chi connectivity index (χ2n) is 7.89. The van der Waals surface area contributed by atoms with Crippen LogP contribution in [0.15, 0.2) is 82.4 Å². The van der Waals surface area contributed by atoms with Crippen LogP contribution >= 0.6 is 22.7 Å². The fourth-order valence-corrected chi connectivity index (χ4v) is 5.05. The first kappa shape index (κ1) is 23.5. The number of hydrogen-bond donors (Lipinski definition) is 4. The van der Waals surface area contributed by atoms with Crippen LogP contribution in [-0.2, 0) is 12.8 Å². The second kappa shape index (κ2) is 10.1. The summed E-state index contributed by atoms with van der Waals surface area (Å²) in [5, 5.41) is 19.5. The number of rotatable bonds is 8. The number of ether oxygens (including phenoxy) is 2. The van der Waals surface area contributed by atoms with Gasteiger partial charge in [0.2, 0.25) is 11.8 Å². The van der Waals surface area contributed by atoms with E-state index >= 15 is 0 Å². The van der Waals surface area contributed by atoms with E-state index in [-0.39, 0.29) is 21.5 Å². The van der Waals surface area contributed by atoms with Gasteiger partial charge >= 0.3 is 9.75 Å². The SMILES string of the molecule is O=c1[nH]c(O)c(Cc2ccc(Oc3cccc(Oc4ccc(Cc5sc(=O)[nH]c5O)cc4)c3)cc2)s1. The molecule has 182 valence electrons. The minimum Gasteiger partial charge on any atom is -0.494 e. The molecule has 0 saturated carbocycles. The Kier molecular flexibility index (Phi) is 6.61. The summed E-state index contributed by atoms with van der Waals surface area (Å²) in [6, 6.07) is 22.1. The number of aromatic amines is 2. The molecule has 0 spiro atoms. The van der Waals surface area contributed by atoms with Gasteiger partial charge in [-0.25, -0.2) is 0 Å². The maximum atomic E-state index is 11.4. The quantitative estimate of drug-likeness (QED) is 0.218. The Hall–Kier alpha value is -4.28. The van der Waals surface area contributed by atoms with E-state index in [0.717, 1.165) is 33.8 Å². The lowest BCUT2D eigenvalue weighted by Gasteiger charge is -2.10. The summed E-state index contributed by atoms with van der Waals surface area (Å²) in [6.07, 6.45) is 0.897. The molecule has 5 aromatic rings. The lowest BCUT2D eigenvalue weighted by molar-refractivity contribution is 0.450. The molecule has 10 heteroatoms. The van der Waals surface area contributed by atoms with Gasteiger partial charge < -0.3 is 19.7 Å². The first-order valence-corrected chi connectivity index (χ1v) is 12.5. The molecule has 0 unspecified atom stereocenters. The molecule has 0 fully saturated rings. The summed E-state index contributed by atoms with van der Waals surface area (Å²) in [4.78, 5) is 28.1. The van der Waals surface area contributed by atoms with E-state index in [1.165, 1.54) is 0 Å². The molecule has 5 rings (SSSR count). The zero-order valence-electron chi connectivity index (χ0n) is 18.7. The van der Waals surface area contributed by atoms with Gasteiger partial charge in [-0.1, -0.05) is 53.0 Å². The Morgan fingerprint density at radius 3 is 1.39 bits per heavy atom. The van der Waals surface area contributed by atoms with Crippen LogP contribution in [-0.4, -0.2) is 20.2 Å². The molecule has 0 aliphatic carbocycles. The summed E-state index contributed by atoms with van der Waals surface area (Å²) >= 11 is 1.98. The largest absolute Gasteiger partial charge is 0.494 e. The Balaban J connectivity index is 1.21. The molecule has 0 saturated heterocycles. The molecular formula is C26H20N2O6S2. The fourth-order valence-electron chi connectivity index (χ4n) is 3.54. The number of thiazole rings is 2. The van der Waals surface area contributed by atoms with Crippen molar-refractivity contribution in [3.63, 3.8) is 0 Å². The standard InChI is InChI=1S/C26H20N2O6S2/c29-23-21(35-25(31)27-23)12-15-4-8-17(9-5-15)33-19-2-1-3-20(14-19)34-18-10-6-16(7-11-18)13-22-24(30)28-26(32)36-22/h1-11,14,29-30H,12-13H2,(H,27,31)(H,28,32). The summed E-state index contributed by atoms with van der Waals surface area (Å²) in [7, 11) is 0. The van der Waals surface area contributed by atoms with Gasteiger partial charge in [-0.15, -0.1) is 0 Å². The lowest BCUT2D eigenvalue weighted by atomic mass is 10.1. The maximum Gasteiger partial charge on any atom is 0.307 e. The van der Waals surface area contributed by atoms with Gasteiger partial charge in [0.15, 0.2) is 0 Å². The van der Waals surface area contributed by atoms with Crippen molar-refractivity contribution in [2.75, 3.05) is 0 Å². The highest BCUT2D eigenvalue weighted by atomic mass is 32.1. The van der Waals surface area contributed by atoms with E-state index in [0.29, 0.717) is 45.6 Å². The molecule has 36 heavy (non-hydrogen) atoms. The maximum absolute atomic E-state index is 11.4. The van der Waals surface area contributed by atoms with Crippen LogP contribution in [0.4, 0.5) is 0 Å². The number of benzene rings is 3. The predicted molar refractivity (Wildman–Crippen MR) is 138 cm³/mol. The highest BCUT2D eigenvalue weighted by Gasteiger charge is 2.09. The van der Waals surface area contributed by atoms with Crippen molar-refractivity contribution in [3.8, 4) is 34.8 Å². The van der Waals surface area contributed by atoms with Gasteiger partial charge in [-0.3, -0.25) is 19.6 Å².